The minimum absolute atomic E-state index is 0.0498. The van der Waals surface area contributed by atoms with Crippen LogP contribution in [0, 0.1) is 0 Å². The van der Waals surface area contributed by atoms with Crippen molar-refractivity contribution in [3.8, 4) is 0 Å². The van der Waals surface area contributed by atoms with Crippen LogP contribution in [0.4, 0.5) is 0 Å². The predicted octanol–water partition coefficient (Wildman–Crippen LogP) is 0.680. The Hall–Kier alpha value is -2.96. The monoisotopic (exact) mass is 256 g/mol. The molecule has 0 aliphatic heterocycles. The van der Waals surface area contributed by atoms with Crippen molar-refractivity contribution < 1.29 is 14.7 Å². The lowest BCUT2D eigenvalue weighted by Gasteiger charge is -2.03. The number of carbonyl (C=O) groups excluding carboxylic acids is 1. The van der Waals surface area contributed by atoms with Gasteiger partial charge in [-0.3, -0.25) is 9.20 Å². The molecule has 0 aliphatic carbocycles. The highest BCUT2D eigenvalue weighted by atomic mass is 16.4. The van der Waals surface area contributed by atoms with Crippen LogP contribution in [0.2, 0.25) is 0 Å². The first-order valence-electron chi connectivity index (χ1n) is 5.39. The Morgan fingerprint density at radius 1 is 1.21 bits per heavy atom. The largest absolute Gasteiger partial charge is 0.476 e. The van der Waals surface area contributed by atoms with Gasteiger partial charge in [0, 0.05) is 6.20 Å². The zero-order valence-electron chi connectivity index (χ0n) is 9.57. The van der Waals surface area contributed by atoms with E-state index in [2.05, 4.69) is 9.97 Å². The fourth-order valence-electron chi connectivity index (χ4n) is 1.93. The van der Waals surface area contributed by atoms with Gasteiger partial charge >= 0.3 is 5.97 Å². The molecule has 0 fully saturated rings. The molecule has 3 N–H and O–H groups in total. The van der Waals surface area contributed by atoms with Crippen molar-refractivity contribution in [2.45, 2.75) is 0 Å². The van der Waals surface area contributed by atoms with E-state index in [1.165, 1.54) is 10.6 Å². The number of para-hydroxylation sites is 2. The lowest BCUT2D eigenvalue weighted by molar-refractivity contribution is 0.0691. The number of hydrogen-bond acceptors (Lipinski definition) is 4. The van der Waals surface area contributed by atoms with Crippen molar-refractivity contribution in [2.24, 2.45) is 5.73 Å². The average molecular weight is 256 g/mol. The van der Waals surface area contributed by atoms with Gasteiger partial charge in [0.05, 0.1) is 11.0 Å². The third kappa shape index (κ3) is 1.60. The van der Waals surface area contributed by atoms with Gasteiger partial charge in [-0.15, -0.1) is 0 Å². The molecular formula is C12H8N4O3. The van der Waals surface area contributed by atoms with Crippen molar-refractivity contribution in [2.75, 3.05) is 0 Å². The van der Waals surface area contributed by atoms with Crippen molar-refractivity contribution in [1.29, 1.82) is 0 Å². The highest BCUT2D eigenvalue weighted by Crippen LogP contribution is 2.18. The van der Waals surface area contributed by atoms with Gasteiger partial charge < -0.3 is 10.8 Å². The molecule has 7 nitrogen and oxygen atoms in total. The molecule has 1 amide bonds. The van der Waals surface area contributed by atoms with Gasteiger partial charge in [0.15, 0.2) is 17.0 Å². The molecular weight excluding hydrogens is 248 g/mol. The van der Waals surface area contributed by atoms with Gasteiger partial charge in [-0.1, -0.05) is 12.1 Å². The van der Waals surface area contributed by atoms with Gasteiger partial charge in [0.1, 0.15) is 0 Å². The fourth-order valence-corrected chi connectivity index (χ4v) is 1.93. The SMILES string of the molecule is NC(=O)c1nc2ccccc2n2cc(C(=O)O)nc12. The van der Waals surface area contributed by atoms with Crippen LogP contribution in [-0.4, -0.2) is 31.4 Å². The summed E-state index contributed by atoms with van der Waals surface area (Å²) < 4.78 is 1.51. The summed E-state index contributed by atoms with van der Waals surface area (Å²) in [5, 5.41) is 8.98. The van der Waals surface area contributed by atoms with E-state index < -0.39 is 11.9 Å². The number of benzene rings is 1. The zero-order valence-corrected chi connectivity index (χ0v) is 9.57. The minimum Gasteiger partial charge on any atom is -0.476 e. The molecule has 2 heterocycles. The summed E-state index contributed by atoms with van der Waals surface area (Å²) in [6.45, 7) is 0. The van der Waals surface area contributed by atoms with Gasteiger partial charge in [-0.25, -0.2) is 14.8 Å². The lowest BCUT2D eigenvalue weighted by atomic mass is 10.3. The maximum atomic E-state index is 11.4. The summed E-state index contributed by atoms with van der Waals surface area (Å²) in [6.07, 6.45) is 1.34. The highest BCUT2D eigenvalue weighted by molar-refractivity contribution is 6.00. The van der Waals surface area contributed by atoms with Crippen LogP contribution < -0.4 is 5.73 Å². The molecule has 3 aromatic rings. The first kappa shape index (κ1) is 11.1. The number of amides is 1. The van der Waals surface area contributed by atoms with Gasteiger partial charge in [0.25, 0.3) is 5.91 Å². The number of aromatic nitrogens is 3. The van der Waals surface area contributed by atoms with Crippen molar-refractivity contribution >= 4 is 28.6 Å². The van der Waals surface area contributed by atoms with Crippen LogP contribution in [0.5, 0.6) is 0 Å². The molecule has 3 rings (SSSR count). The number of aromatic carboxylic acids is 1. The Morgan fingerprint density at radius 3 is 2.63 bits per heavy atom. The summed E-state index contributed by atoms with van der Waals surface area (Å²) in [6, 6.07) is 7.02. The number of nitrogens with zero attached hydrogens (tertiary/aromatic N) is 3. The van der Waals surface area contributed by atoms with Crippen LogP contribution in [-0.2, 0) is 0 Å². The number of fused-ring (bicyclic) bond motifs is 3. The molecule has 0 spiro atoms. The average Bonchev–Trinajstić information content (AvgIpc) is 2.82. The quantitative estimate of drug-likeness (QED) is 0.700. The van der Waals surface area contributed by atoms with Crippen LogP contribution in [0.3, 0.4) is 0 Å². The molecule has 0 saturated heterocycles. The maximum absolute atomic E-state index is 11.4. The molecule has 1 aromatic carbocycles. The van der Waals surface area contributed by atoms with Gasteiger partial charge in [-0.05, 0) is 12.1 Å². The molecule has 2 aromatic heterocycles. The molecule has 0 unspecified atom stereocenters. The highest BCUT2D eigenvalue weighted by Gasteiger charge is 2.17. The number of primary amides is 1. The van der Waals surface area contributed by atoms with E-state index in [-0.39, 0.29) is 17.0 Å². The molecule has 94 valence electrons. The predicted molar refractivity (Wildman–Crippen MR) is 66.0 cm³/mol. The van der Waals surface area contributed by atoms with E-state index in [4.69, 9.17) is 10.8 Å². The van der Waals surface area contributed by atoms with Crippen LogP contribution in [0.25, 0.3) is 16.7 Å². The van der Waals surface area contributed by atoms with Crippen molar-refractivity contribution in [1.82, 2.24) is 14.4 Å². The number of carbonyl (C=O) groups is 2. The number of carboxylic acids is 1. The Balaban J connectivity index is 2.52. The van der Waals surface area contributed by atoms with E-state index in [1.54, 1.807) is 24.3 Å². The number of hydrogen-bond donors (Lipinski definition) is 2. The van der Waals surface area contributed by atoms with E-state index >= 15 is 0 Å². The van der Waals surface area contributed by atoms with E-state index in [1.807, 2.05) is 0 Å². The summed E-state index contributed by atoms with van der Waals surface area (Å²) >= 11 is 0. The molecule has 0 aliphatic rings. The Labute approximate surface area is 106 Å². The maximum Gasteiger partial charge on any atom is 0.356 e. The minimum atomic E-state index is -1.18. The molecule has 0 atom stereocenters. The van der Waals surface area contributed by atoms with Crippen LogP contribution >= 0.6 is 0 Å². The van der Waals surface area contributed by atoms with E-state index in [0.29, 0.717) is 11.0 Å². The Morgan fingerprint density at radius 2 is 1.95 bits per heavy atom. The topological polar surface area (TPSA) is 111 Å². The summed E-state index contributed by atoms with van der Waals surface area (Å²) in [7, 11) is 0. The fraction of sp³-hybridized carbons (Fsp3) is 0. The first-order valence-corrected chi connectivity index (χ1v) is 5.39. The second kappa shape index (κ2) is 3.77. The zero-order chi connectivity index (χ0) is 13.6. The first-order chi connectivity index (χ1) is 9.08. The van der Waals surface area contributed by atoms with Gasteiger partial charge in [0.2, 0.25) is 0 Å². The van der Waals surface area contributed by atoms with E-state index in [0.717, 1.165) is 0 Å². The summed E-state index contributed by atoms with van der Waals surface area (Å²) in [4.78, 5) is 30.4. The summed E-state index contributed by atoms with van der Waals surface area (Å²) in [5.74, 6) is -1.93. The molecule has 0 radical (unpaired) electrons. The Bertz CT molecular complexity index is 837. The van der Waals surface area contributed by atoms with E-state index in [9.17, 15) is 9.59 Å². The molecule has 0 saturated carbocycles. The Kier molecular flexibility index (Phi) is 2.21. The molecule has 0 bridgehead atoms. The van der Waals surface area contributed by atoms with Crippen molar-refractivity contribution in [3.05, 3.63) is 41.9 Å². The van der Waals surface area contributed by atoms with Crippen molar-refractivity contribution in [3.63, 3.8) is 0 Å². The van der Waals surface area contributed by atoms with Crippen LogP contribution in [0.1, 0.15) is 21.0 Å². The number of carboxylic acid groups (broad SMARTS) is 1. The second-order valence-electron chi connectivity index (χ2n) is 3.94. The second-order valence-corrected chi connectivity index (χ2v) is 3.94. The third-order valence-electron chi connectivity index (χ3n) is 2.74. The normalized spacial score (nSPS) is 10.9. The van der Waals surface area contributed by atoms with Gasteiger partial charge in [-0.2, -0.15) is 0 Å². The standard InChI is InChI=1S/C12H8N4O3/c13-10(17)9-11-15-7(12(18)19)5-16(11)8-4-2-1-3-6(8)14-9/h1-5H,(H2,13,17)(H,18,19). The number of nitrogens with two attached hydrogens (primary N) is 1. The molecule has 19 heavy (non-hydrogen) atoms. The smallest absolute Gasteiger partial charge is 0.356 e. The molecule has 7 heteroatoms. The third-order valence-corrected chi connectivity index (χ3v) is 2.74. The summed E-state index contributed by atoms with van der Waals surface area (Å²) in [5.41, 5.74) is 6.38. The van der Waals surface area contributed by atoms with Crippen LogP contribution in [0.15, 0.2) is 30.5 Å². The lowest BCUT2D eigenvalue weighted by Crippen LogP contribution is -2.15. The number of rotatable bonds is 2. The number of imidazole rings is 1.